The maximum atomic E-state index is 6.35. The van der Waals surface area contributed by atoms with Crippen LogP contribution in [0.15, 0.2) is 387 Å². The maximum Gasteiger partial charge on any atom is 0.241 e. The fraction of sp³-hybridized carbons (Fsp3) is 0. The largest absolute Gasteiger partial charge is 0.456 e. The molecule has 534 valence electrons. The lowest BCUT2D eigenvalue weighted by molar-refractivity contribution is 0.669. The lowest BCUT2D eigenvalue weighted by atomic mass is 9.98. The van der Waals surface area contributed by atoms with E-state index < -0.39 is 0 Å². The van der Waals surface area contributed by atoms with Gasteiger partial charge in [0.2, 0.25) is 17.8 Å². The summed E-state index contributed by atoms with van der Waals surface area (Å²) in [5, 5.41) is 15.8. The molecule has 115 heavy (non-hydrogen) atoms. The molecule has 0 unspecified atom stereocenters. The average Bonchev–Trinajstić information content (AvgIpc) is 1.61. The molecule has 17 aromatic carbocycles. The van der Waals surface area contributed by atoms with Crippen LogP contribution in [-0.4, -0.2) is 42.4 Å². The molecule has 0 aliphatic carbocycles. The number of nitrogens with zero attached hydrogens (tertiary/aromatic N) is 9. The molecule has 0 N–H and O–H groups in total. The van der Waals surface area contributed by atoms with E-state index in [0.29, 0.717) is 17.8 Å². The summed E-state index contributed by atoms with van der Waals surface area (Å²) in [6, 6.07) is 139. The Kier molecular flexibility index (Phi) is 13.4. The number of hydrogen-bond acceptors (Lipinski definition) is 4. The van der Waals surface area contributed by atoms with E-state index in [4.69, 9.17) is 19.4 Å². The molecule has 25 aromatic rings. The third-order valence-electron chi connectivity index (χ3n) is 24.1. The van der Waals surface area contributed by atoms with Gasteiger partial charge in [0.1, 0.15) is 11.2 Å². The van der Waals surface area contributed by atoms with Crippen molar-refractivity contribution in [3.8, 4) is 79.4 Å². The van der Waals surface area contributed by atoms with Crippen molar-refractivity contribution >= 4 is 153 Å². The highest BCUT2D eigenvalue weighted by Crippen LogP contribution is 2.45. The van der Waals surface area contributed by atoms with E-state index in [1.807, 2.05) is 12.1 Å². The number of fused-ring (bicyclic) bond motifs is 21. The van der Waals surface area contributed by atoms with Crippen LogP contribution < -0.4 is 0 Å². The van der Waals surface area contributed by atoms with Crippen LogP contribution in [0.2, 0.25) is 0 Å². The van der Waals surface area contributed by atoms with Crippen molar-refractivity contribution in [3.05, 3.63) is 382 Å². The van der Waals surface area contributed by atoms with Crippen molar-refractivity contribution in [2.24, 2.45) is 0 Å². The van der Waals surface area contributed by atoms with Crippen molar-refractivity contribution in [2.45, 2.75) is 0 Å². The zero-order valence-electron chi connectivity index (χ0n) is 61.8. The van der Waals surface area contributed by atoms with E-state index in [1.165, 1.54) is 37.8 Å². The summed E-state index contributed by atoms with van der Waals surface area (Å²) in [6.07, 6.45) is 0. The number of hydrogen-bond donors (Lipinski definition) is 0. The molecule has 0 aliphatic rings. The Labute approximate surface area is 657 Å². The quantitative estimate of drug-likeness (QED) is 0.137. The van der Waals surface area contributed by atoms with Gasteiger partial charge in [-0.15, -0.1) is 0 Å². The van der Waals surface area contributed by atoms with Gasteiger partial charge in [-0.25, -0.2) is 0 Å². The Hall–Kier alpha value is -15.7. The van der Waals surface area contributed by atoms with Crippen LogP contribution in [0.1, 0.15) is 0 Å². The molecule has 25 rings (SSSR count). The second kappa shape index (κ2) is 24.4. The van der Waals surface area contributed by atoms with Gasteiger partial charge >= 0.3 is 0 Å². The molecule has 0 bridgehead atoms. The second-order valence-corrected chi connectivity index (χ2v) is 30.3. The van der Waals surface area contributed by atoms with Crippen molar-refractivity contribution in [1.29, 1.82) is 0 Å². The van der Waals surface area contributed by atoms with Crippen molar-refractivity contribution in [1.82, 2.24) is 42.4 Å². The zero-order chi connectivity index (χ0) is 75.1. The van der Waals surface area contributed by atoms with E-state index in [-0.39, 0.29) is 0 Å². The first-order valence-corrected chi connectivity index (χ1v) is 39.1. The Morgan fingerprint density at radius 3 is 0.643 bits per heavy atom. The van der Waals surface area contributed by atoms with Crippen LogP contribution in [-0.2, 0) is 0 Å². The minimum Gasteiger partial charge on any atom is -0.456 e. The first-order chi connectivity index (χ1) is 57.0. The fourth-order valence-corrected chi connectivity index (χ4v) is 18.9. The number of aromatic nitrogens is 9. The molecule has 8 aromatic heterocycles. The SMILES string of the molecule is c1ccc(-n2c3ccccc3c3cc(-c4ccc5c(c4)c4ccccc4n5-c4nc(-n5c6ccccc6c6cc(-c7ccc8oc9ccccc9c8c7)ccc65)nc(-n5c6ccc(-c7ccc8c(c7)c7ccccc7n8-c7ccccc7)cc6c6cc(-c7ccc8c(c7)c7ccccc7n8-c7ccccc7)ccc65)n4)ccc32)cc1. The van der Waals surface area contributed by atoms with Crippen molar-refractivity contribution in [3.63, 3.8) is 0 Å². The van der Waals surface area contributed by atoms with Crippen LogP contribution >= 0.6 is 0 Å². The molecule has 8 heterocycles. The van der Waals surface area contributed by atoms with Gasteiger partial charge in [0.05, 0.1) is 66.2 Å². The number of benzene rings is 17. The van der Waals surface area contributed by atoms with Gasteiger partial charge in [-0.05, 0) is 214 Å². The molecular weight excluding hydrogens is 1400 g/mol. The lowest BCUT2D eigenvalue weighted by Crippen LogP contribution is -2.13. The number of rotatable bonds is 10. The van der Waals surface area contributed by atoms with Crippen LogP contribution in [0.5, 0.6) is 0 Å². The second-order valence-electron chi connectivity index (χ2n) is 30.3. The van der Waals surface area contributed by atoms with Gasteiger partial charge in [0, 0.05) is 92.5 Å². The average molecular weight is 1470 g/mol. The van der Waals surface area contributed by atoms with Gasteiger partial charge in [0.25, 0.3) is 0 Å². The molecule has 0 aliphatic heterocycles. The van der Waals surface area contributed by atoms with E-state index in [1.54, 1.807) is 0 Å². The predicted octanol–water partition coefficient (Wildman–Crippen LogP) is 27.0. The topological polar surface area (TPSA) is 81.4 Å². The van der Waals surface area contributed by atoms with Gasteiger partial charge in [-0.2, -0.15) is 15.0 Å². The van der Waals surface area contributed by atoms with Crippen LogP contribution in [0.25, 0.3) is 232 Å². The highest BCUT2D eigenvalue weighted by molar-refractivity contribution is 6.18. The monoisotopic (exact) mass is 1470 g/mol. The summed E-state index contributed by atoms with van der Waals surface area (Å²) in [5.41, 5.74) is 26.7. The van der Waals surface area contributed by atoms with Crippen LogP contribution in [0, 0.1) is 0 Å². The summed E-state index contributed by atoms with van der Waals surface area (Å²) in [7, 11) is 0. The molecule has 0 saturated heterocycles. The summed E-state index contributed by atoms with van der Waals surface area (Å²) in [6.45, 7) is 0. The van der Waals surface area contributed by atoms with E-state index in [0.717, 1.165) is 177 Å². The molecule has 0 spiro atoms. The van der Waals surface area contributed by atoms with Crippen molar-refractivity contribution < 1.29 is 4.42 Å². The Bertz CT molecular complexity index is 8200. The minimum atomic E-state index is 0.472. The standard InChI is InChI=1S/C105H63N9O/c1-4-22-72(23-5-1)109-89-34-16-10-28-75(89)81-56-64(40-48-94(81)109)67-43-51-97-84(59-67)78-31-13-19-37-92(78)112(97)103-106-104(113-93-38-20-14-32-79(93)85-60-68(44-52-98(85)113)71-47-55-102-88(63-71)80-33-15-21-39-101(80)115-102)108-105(107-103)114-99-53-45-69(65-41-49-95-82(57-65)76-29-11-17-35-90(76)110(95)73-24-6-2-7-25-73)61-86(99)87-62-70(46-54-100(87)114)66-42-50-96-83(58-66)77-30-12-18-36-91(77)111(96)74-26-8-3-9-27-74/h1-63H. The molecule has 0 saturated carbocycles. The zero-order valence-corrected chi connectivity index (χ0v) is 61.8. The highest BCUT2D eigenvalue weighted by atomic mass is 16.3. The predicted molar refractivity (Wildman–Crippen MR) is 475 cm³/mol. The van der Waals surface area contributed by atoms with Gasteiger partial charge in [-0.3, -0.25) is 13.7 Å². The third kappa shape index (κ3) is 9.48. The molecular formula is C105H63N9O. The Balaban J connectivity index is 0.724. The Morgan fingerprint density at radius 1 is 0.148 bits per heavy atom. The molecule has 0 amide bonds. The molecule has 0 fully saturated rings. The minimum absolute atomic E-state index is 0.472. The highest BCUT2D eigenvalue weighted by Gasteiger charge is 2.27. The summed E-state index contributed by atoms with van der Waals surface area (Å²) >= 11 is 0. The van der Waals surface area contributed by atoms with Gasteiger partial charge < -0.3 is 18.1 Å². The fourth-order valence-electron chi connectivity index (χ4n) is 18.9. The van der Waals surface area contributed by atoms with Crippen LogP contribution in [0.4, 0.5) is 0 Å². The molecule has 10 nitrogen and oxygen atoms in total. The first-order valence-electron chi connectivity index (χ1n) is 39.1. The van der Waals surface area contributed by atoms with Gasteiger partial charge in [0.15, 0.2) is 0 Å². The van der Waals surface area contributed by atoms with Crippen LogP contribution in [0.3, 0.4) is 0 Å². The normalized spacial score (nSPS) is 12.2. The number of furan rings is 1. The van der Waals surface area contributed by atoms with Crippen molar-refractivity contribution in [2.75, 3.05) is 0 Å². The summed E-state index contributed by atoms with van der Waals surface area (Å²) < 4.78 is 20.3. The maximum absolute atomic E-state index is 6.35. The molecule has 0 atom stereocenters. The first kappa shape index (κ1) is 63.2. The Morgan fingerprint density at radius 2 is 0.348 bits per heavy atom. The molecule has 10 heteroatoms. The van der Waals surface area contributed by atoms with E-state index in [9.17, 15) is 0 Å². The summed E-state index contributed by atoms with van der Waals surface area (Å²) in [4.78, 5) is 17.6. The lowest BCUT2D eigenvalue weighted by Gasteiger charge is -2.14. The smallest absolute Gasteiger partial charge is 0.241 e. The van der Waals surface area contributed by atoms with Gasteiger partial charge in [-0.1, -0.05) is 212 Å². The summed E-state index contributed by atoms with van der Waals surface area (Å²) in [5.74, 6) is 1.43. The van der Waals surface area contributed by atoms with E-state index >= 15 is 0 Å². The number of para-hydroxylation sites is 9. The van der Waals surface area contributed by atoms with E-state index in [2.05, 4.69) is 397 Å². The third-order valence-corrected chi connectivity index (χ3v) is 24.1. The molecule has 0 radical (unpaired) electrons.